The Bertz CT molecular complexity index is 1040. The molecule has 0 aromatic carbocycles. The minimum Gasteiger partial charge on any atom is -0.327 e. The molecule has 9 atom stereocenters. The first-order valence-electron chi connectivity index (χ1n) is 15.0. The zero-order chi connectivity index (χ0) is 27.4. The molecule has 0 aliphatic heterocycles. The van der Waals surface area contributed by atoms with Crippen LogP contribution >= 0.6 is 0 Å². The molecule has 0 heterocycles. The van der Waals surface area contributed by atoms with Crippen molar-refractivity contribution in [2.45, 2.75) is 119 Å². The number of ketones is 1. The maximum atomic E-state index is 14.4. The third kappa shape index (κ3) is 3.41. The van der Waals surface area contributed by atoms with Gasteiger partial charge in [-0.25, -0.2) is 5.06 Å². The molecule has 0 aromatic rings. The molecular formula is C32H52N2O3. The highest BCUT2D eigenvalue weighted by Gasteiger charge is 2.70. The van der Waals surface area contributed by atoms with Gasteiger partial charge in [-0.15, -0.1) is 0 Å². The Labute approximate surface area is 225 Å². The lowest BCUT2D eigenvalue weighted by molar-refractivity contribution is -0.191. The minimum atomic E-state index is -0.595. The number of nitrogens with zero attached hydrogens (tertiary/aromatic N) is 1. The lowest BCUT2D eigenvalue weighted by atomic mass is 9.33. The van der Waals surface area contributed by atoms with Crippen LogP contribution in [0.25, 0.3) is 0 Å². The number of hydrogen-bond acceptors (Lipinski definition) is 4. The van der Waals surface area contributed by atoms with Crippen molar-refractivity contribution in [2.75, 3.05) is 6.54 Å². The summed E-state index contributed by atoms with van der Waals surface area (Å²) in [6.07, 6.45) is 11.0. The van der Waals surface area contributed by atoms with Gasteiger partial charge in [-0.3, -0.25) is 14.8 Å². The van der Waals surface area contributed by atoms with Crippen molar-refractivity contribution in [3.63, 3.8) is 0 Å². The maximum absolute atomic E-state index is 14.4. The van der Waals surface area contributed by atoms with Crippen molar-refractivity contribution in [3.05, 3.63) is 11.6 Å². The second-order valence-electron chi connectivity index (χ2n) is 15.7. The average Bonchev–Trinajstić information content (AvgIpc) is 2.83. The molecule has 1 amide bonds. The molecule has 37 heavy (non-hydrogen) atoms. The van der Waals surface area contributed by atoms with Crippen LogP contribution in [-0.4, -0.2) is 34.5 Å². The summed E-state index contributed by atoms with van der Waals surface area (Å²) < 4.78 is 0. The van der Waals surface area contributed by atoms with E-state index in [0.717, 1.165) is 62.9 Å². The number of allylic oxidation sites excluding steroid dienone is 2. The topological polar surface area (TPSA) is 83.6 Å². The normalized spacial score (nSPS) is 50.6. The van der Waals surface area contributed by atoms with E-state index in [1.54, 1.807) is 0 Å². The molecule has 5 aliphatic rings. The highest BCUT2D eigenvalue weighted by Crippen LogP contribution is 2.75. The zero-order valence-corrected chi connectivity index (χ0v) is 24.7. The molecule has 3 N–H and O–H groups in total. The van der Waals surface area contributed by atoms with Crippen molar-refractivity contribution in [1.82, 2.24) is 5.06 Å². The summed E-state index contributed by atoms with van der Waals surface area (Å²) in [5.74, 6) is 0.841. The molecule has 5 heteroatoms. The molecule has 5 aliphatic carbocycles. The average molecular weight is 513 g/mol. The van der Waals surface area contributed by atoms with E-state index in [1.807, 2.05) is 13.8 Å². The van der Waals surface area contributed by atoms with Crippen LogP contribution in [-0.2, 0) is 9.59 Å². The second-order valence-corrected chi connectivity index (χ2v) is 15.7. The molecule has 0 spiro atoms. The SMILES string of the molecule is CCN(O)C(=O)[C@@]1(C)CC[C@]2(C)CC[C@]3(C)C(=CC(=O)[C@@H]4[C@@]5(C)CC[C@H](N)C(C)(C)C5CC[C@]43C)[C@@H]2C1. The summed E-state index contributed by atoms with van der Waals surface area (Å²) in [6.45, 7) is 18.5. The Balaban J connectivity index is 1.59. The van der Waals surface area contributed by atoms with Gasteiger partial charge in [0.25, 0.3) is 5.91 Å². The molecule has 4 fully saturated rings. The number of nitrogens with two attached hydrogens (primary N) is 1. The number of fused-ring (bicyclic) bond motifs is 7. The quantitative estimate of drug-likeness (QED) is 0.325. The summed E-state index contributed by atoms with van der Waals surface area (Å²) in [5, 5.41) is 11.2. The smallest absolute Gasteiger partial charge is 0.251 e. The predicted molar refractivity (Wildman–Crippen MR) is 147 cm³/mol. The van der Waals surface area contributed by atoms with Crippen molar-refractivity contribution in [2.24, 2.45) is 56.0 Å². The summed E-state index contributed by atoms with van der Waals surface area (Å²) in [4.78, 5) is 27.7. The van der Waals surface area contributed by atoms with Crippen LogP contribution in [0.2, 0.25) is 0 Å². The summed E-state index contributed by atoms with van der Waals surface area (Å²) in [5.41, 5.74) is 7.34. The highest BCUT2D eigenvalue weighted by atomic mass is 16.5. The van der Waals surface area contributed by atoms with E-state index in [2.05, 4.69) is 47.6 Å². The molecule has 0 saturated heterocycles. The molecular weight excluding hydrogens is 460 g/mol. The molecule has 4 saturated carbocycles. The summed E-state index contributed by atoms with van der Waals surface area (Å²) in [7, 11) is 0. The van der Waals surface area contributed by atoms with Crippen LogP contribution in [0.1, 0.15) is 113 Å². The molecule has 5 rings (SSSR count). The van der Waals surface area contributed by atoms with E-state index in [-0.39, 0.29) is 50.9 Å². The lowest BCUT2D eigenvalue weighted by Crippen LogP contribution is -2.67. The Kier molecular flexibility index (Phi) is 6.04. The first-order valence-corrected chi connectivity index (χ1v) is 15.0. The first kappa shape index (κ1) is 27.4. The van der Waals surface area contributed by atoms with Crippen LogP contribution in [0.15, 0.2) is 11.6 Å². The zero-order valence-electron chi connectivity index (χ0n) is 24.7. The lowest BCUT2D eigenvalue weighted by Gasteiger charge is -2.70. The van der Waals surface area contributed by atoms with Crippen molar-refractivity contribution >= 4 is 11.7 Å². The van der Waals surface area contributed by atoms with Crippen LogP contribution in [0.4, 0.5) is 0 Å². The molecule has 208 valence electrons. The van der Waals surface area contributed by atoms with Gasteiger partial charge in [0.15, 0.2) is 5.78 Å². The number of hydrogen-bond donors (Lipinski definition) is 2. The summed E-state index contributed by atoms with van der Waals surface area (Å²) >= 11 is 0. The predicted octanol–water partition coefficient (Wildman–Crippen LogP) is 6.53. The van der Waals surface area contributed by atoms with E-state index in [1.165, 1.54) is 5.57 Å². The van der Waals surface area contributed by atoms with E-state index in [0.29, 0.717) is 18.2 Å². The van der Waals surface area contributed by atoms with Gasteiger partial charge in [0.05, 0.1) is 0 Å². The molecule has 0 radical (unpaired) electrons. The Hall–Kier alpha value is -1.20. The molecule has 1 unspecified atom stereocenters. The maximum Gasteiger partial charge on any atom is 0.251 e. The minimum absolute atomic E-state index is 0.0215. The second kappa shape index (κ2) is 8.16. The van der Waals surface area contributed by atoms with Crippen LogP contribution < -0.4 is 5.73 Å². The van der Waals surface area contributed by atoms with Gasteiger partial charge in [0, 0.05) is 23.9 Å². The number of carbonyl (C=O) groups excluding carboxylic acids is 2. The van der Waals surface area contributed by atoms with Gasteiger partial charge in [-0.05, 0) is 110 Å². The number of carbonyl (C=O) groups is 2. The van der Waals surface area contributed by atoms with E-state index in [4.69, 9.17) is 5.73 Å². The number of amides is 1. The summed E-state index contributed by atoms with van der Waals surface area (Å²) in [6, 6.07) is 0.192. The fourth-order valence-corrected chi connectivity index (χ4v) is 10.9. The monoisotopic (exact) mass is 512 g/mol. The third-order valence-corrected chi connectivity index (χ3v) is 13.7. The number of hydroxylamine groups is 2. The Morgan fingerprint density at radius 1 is 1.00 bits per heavy atom. The fraction of sp³-hybridized carbons (Fsp3) is 0.875. The van der Waals surface area contributed by atoms with Gasteiger partial charge in [0.2, 0.25) is 0 Å². The fourth-order valence-electron chi connectivity index (χ4n) is 10.9. The van der Waals surface area contributed by atoms with E-state index < -0.39 is 5.41 Å². The van der Waals surface area contributed by atoms with Gasteiger partial charge in [-0.1, -0.05) is 54.0 Å². The van der Waals surface area contributed by atoms with Crippen LogP contribution in [0.3, 0.4) is 0 Å². The first-order chi connectivity index (χ1) is 17.0. The molecule has 5 nitrogen and oxygen atoms in total. The van der Waals surface area contributed by atoms with Gasteiger partial charge in [-0.2, -0.15) is 0 Å². The van der Waals surface area contributed by atoms with E-state index >= 15 is 0 Å². The van der Waals surface area contributed by atoms with Gasteiger partial charge in [0.1, 0.15) is 0 Å². The third-order valence-electron chi connectivity index (χ3n) is 13.7. The van der Waals surface area contributed by atoms with Crippen LogP contribution in [0, 0.1) is 50.2 Å². The van der Waals surface area contributed by atoms with E-state index in [9.17, 15) is 14.8 Å². The van der Waals surface area contributed by atoms with Crippen LogP contribution in [0.5, 0.6) is 0 Å². The largest absolute Gasteiger partial charge is 0.327 e. The van der Waals surface area contributed by atoms with Crippen molar-refractivity contribution < 1.29 is 14.8 Å². The van der Waals surface area contributed by atoms with Gasteiger partial charge >= 0.3 is 0 Å². The Morgan fingerprint density at radius 3 is 2.30 bits per heavy atom. The number of rotatable bonds is 2. The highest BCUT2D eigenvalue weighted by molar-refractivity contribution is 5.95. The molecule has 0 aromatic heterocycles. The van der Waals surface area contributed by atoms with Gasteiger partial charge < -0.3 is 5.73 Å². The Morgan fingerprint density at radius 2 is 1.65 bits per heavy atom. The standard InChI is InChI=1S/C32H52N2O3/c1-9-34(37)26(36)29(5)15-14-28(4)16-17-31(7)20(21(28)19-29)18-22(35)25-30(6)12-11-24(33)27(2,3)23(30)10-13-32(25,31)8/h18,21,23-25,37H,9-17,19,33H2,1-8H3/t21-,23?,24-,25+,28+,29-,30-,31+,32+/m0/s1. The van der Waals surface area contributed by atoms with Crippen molar-refractivity contribution in [1.29, 1.82) is 0 Å². The molecule has 0 bridgehead atoms. The van der Waals surface area contributed by atoms with Crippen molar-refractivity contribution in [3.8, 4) is 0 Å².